The van der Waals surface area contributed by atoms with E-state index < -0.39 is 11.6 Å². The number of anilines is 3. The third kappa shape index (κ3) is 3.28. The normalized spacial score (nSPS) is 19.2. The molecule has 9 heteroatoms. The highest BCUT2D eigenvalue weighted by molar-refractivity contribution is 5.50. The van der Waals surface area contributed by atoms with Crippen molar-refractivity contribution in [1.29, 1.82) is 0 Å². The lowest BCUT2D eigenvalue weighted by Gasteiger charge is -2.25. The van der Waals surface area contributed by atoms with Gasteiger partial charge in [-0.2, -0.15) is 10.1 Å². The molecular formula is C19H19F2N7. The van der Waals surface area contributed by atoms with Crippen molar-refractivity contribution in [1.82, 2.24) is 25.1 Å². The van der Waals surface area contributed by atoms with Gasteiger partial charge in [0.15, 0.2) is 5.82 Å². The van der Waals surface area contributed by atoms with Crippen LogP contribution in [0.4, 0.5) is 26.5 Å². The topological polar surface area (TPSA) is 82.6 Å². The van der Waals surface area contributed by atoms with E-state index in [1.54, 1.807) is 0 Å². The van der Waals surface area contributed by atoms with E-state index in [1.165, 1.54) is 31.3 Å². The van der Waals surface area contributed by atoms with E-state index in [9.17, 15) is 8.78 Å². The summed E-state index contributed by atoms with van der Waals surface area (Å²) in [5.41, 5.74) is 1.57. The molecule has 0 radical (unpaired) electrons. The zero-order valence-corrected chi connectivity index (χ0v) is 15.1. The van der Waals surface area contributed by atoms with Crippen molar-refractivity contribution in [2.45, 2.75) is 37.6 Å². The molecule has 1 saturated carbocycles. The van der Waals surface area contributed by atoms with Crippen molar-refractivity contribution in [2.24, 2.45) is 0 Å². The number of hydrogen-bond acceptors (Lipinski definition) is 6. The van der Waals surface area contributed by atoms with Crippen LogP contribution in [0.15, 0.2) is 30.6 Å². The Bertz CT molecular complexity index is 1000. The lowest BCUT2D eigenvalue weighted by Crippen LogP contribution is -2.25. The fourth-order valence-corrected chi connectivity index (χ4v) is 3.71. The van der Waals surface area contributed by atoms with Gasteiger partial charge in [0.1, 0.15) is 18.0 Å². The molecule has 1 saturated heterocycles. The second-order valence-electron chi connectivity index (χ2n) is 7.23. The highest BCUT2D eigenvalue weighted by Gasteiger charge is 2.30. The van der Waals surface area contributed by atoms with Crippen LogP contribution in [0.3, 0.4) is 0 Å². The number of nitrogens with one attached hydrogen (secondary N) is 2. The molecule has 1 atom stereocenters. The van der Waals surface area contributed by atoms with Gasteiger partial charge in [-0.05, 0) is 31.7 Å². The van der Waals surface area contributed by atoms with Crippen molar-refractivity contribution in [3.8, 4) is 0 Å². The number of aromatic nitrogens is 5. The van der Waals surface area contributed by atoms with Gasteiger partial charge in [0.05, 0.1) is 6.04 Å². The number of hydrogen-bond donors (Lipinski definition) is 2. The summed E-state index contributed by atoms with van der Waals surface area (Å²) < 4.78 is 27.6. The summed E-state index contributed by atoms with van der Waals surface area (Å²) in [5.74, 6) is 0.940. The average molecular weight is 383 g/mol. The standard InChI is InChI=1S/C19H19F2N7/c20-12-5-6-13(14(21)8-12)16-2-1-7-28(16)19-23-10-22-18(25-19)24-17-9-15(26-27-17)11-3-4-11/h5-6,8-11,16H,1-4,7H2,(H2,22,23,24,25,26,27)/t16-/m1/s1. The van der Waals surface area contributed by atoms with E-state index >= 15 is 0 Å². The first kappa shape index (κ1) is 17.0. The van der Waals surface area contributed by atoms with Gasteiger partial charge in [-0.1, -0.05) is 6.07 Å². The van der Waals surface area contributed by atoms with E-state index in [1.807, 2.05) is 11.0 Å². The number of H-pyrrole nitrogens is 1. The smallest absolute Gasteiger partial charge is 0.233 e. The van der Waals surface area contributed by atoms with Gasteiger partial charge in [0.25, 0.3) is 0 Å². The Morgan fingerprint density at radius 2 is 2.00 bits per heavy atom. The Hall–Kier alpha value is -3.10. The van der Waals surface area contributed by atoms with E-state index in [2.05, 4.69) is 30.5 Å². The Kier molecular flexibility index (Phi) is 4.14. The molecule has 1 aliphatic carbocycles. The van der Waals surface area contributed by atoms with Crippen LogP contribution < -0.4 is 10.2 Å². The molecule has 2 fully saturated rings. The molecule has 2 N–H and O–H groups in total. The number of benzene rings is 1. The minimum absolute atomic E-state index is 0.234. The maximum atomic E-state index is 14.3. The van der Waals surface area contributed by atoms with Crippen LogP contribution in [-0.2, 0) is 0 Å². The monoisotopic (exact) mass is 383 g/mol. The molecule has 2 aromatic heterocycles. The molecule has 3 aromatic rings. The number of rotatable bonds is 5. The molecule has 1 aliphatic heterocycles. The largest absolute Gasteiger partial charge is 0.334 e. The third-order valence-corrected chi connectivity index (χ3v) is 5.25. The van der Waals surface area contributed by atoms with E-state index in [0.717, 1.165) is 24.6 Å². The number of halogens is 2. The first-order chi connectivity index (χ1) is 13.7. The molecule has 2 aliphatic rings. The second kappa shape index (κ2) is 6.81. The first-order valence-electron chi connectivity index (χ1n) is 9.40. The molecule has 144 valence electrons. The van der Waals surface area contributed by atoms with Crippen molar-refractivity contribution in [3.63, 3.8) is 0 Å². The Morgan fingerprint density at radius 1 is 1.11 bits per heavy atom. The van der Waals surface area contributed by atoms with Crippen molar-refractivity contribution >= 4 is 17.7 Å². The minimum atomic E-state index is -0.581. The van der Waals surface area contributed by atoms with Crippen molar-refractivity contribution < 1.29 is 8.78 Å². The number of aromatic amines is 1. The average Bonchev–Trinajstić information content (AvgIpc) is 3.23. The van der Waals surface area contributed by atoms with Crippen LogP contribution in [0.5, 0.6) is 0 Å². The highest BCUT2D eigenvalue weighted by atomic mass is 19.1. The molecule has 0 amide bonds. The SMILES string of the molecule is Fc1ccc([C@H]2CCCN2c2ncnc(Nc3cc(C4CC4)[nH]n3)n2)c(F)c1. The zero-order valence-electron chi connectivity index (χ0n) is 15.1. The molecule has 3 heterocycles. The van der Waals surface area contributed by atoms with Crippen molar-refractivity contribution in [3.05, 3.63) is 53.5 Å². The predicted molar refractivity (Wildman–Crippen MR) is 99.4 cm³/mol. The Labute approximate surface area is 160 Å². The Morgan fingerprint density at radius 3 is 2.82 bits per heavy atom. The summed E-state index contributed by atoms with van der Waals surface area (Å²) >= 11 is 0. The van der Waals surface area contributed by atoms with Crippen LogP contribution in [0.2, 0.25) is 0 Å². The summed E-state index contributed by atoms with van der Waals surface area (Å²) in [5, 5.41) is 10.4. The Balaban J connectivity index is 1.38. The summed E-state index contributed by atoms with van der Waals surface area (Å²) in [7, 11) is 0. The lowest BCUT2D eigenvalue weighted by molar-refractivity contribution is 0.552. The maximum absolute atomic E-state index is 14.3. The summed E-state index contributed by atoms with van der Waals surface area (Å²) in [6.07, 6.45) is 5.43. The summed E-state index contributed by atoms with van der Waals surface area (Å²) in [6, 6.07) is 5.43. The molecular weight excluding hydrogens is 364 g/mol. The maximum Gasteiger partial charge on any atom is 0.233 e. The minimum Gasteiger partial charge on any atom is -0.334 e. The summed E-state index contributed by atoms with van der Waals surface area (Å²) in [6.45, 7) is 0.694. The molecule has 0 unspecified atom stereocenters. The fourth-order valence-electron chi connectivity index (χ4n) is 3.71. The first-order valence-corrected chi connectivity index (χ1v) is 9.40. The second-order valence-corrected chi connectivity index (χ2v) is 7.23. The molecule has 7 nitrogen and oxygen atoms in total. The van der Waals surface area contributed by atoms with Crippen molar-refractivity contribution in [2.75, 3.05) is 16.8 Å². The fraction of sp³-hybridized carbons (Fsp3) is 0.368. The number of nitrogens with zero attached hydrogens (tertiary/aromatic N) is 5. The van der Waals surface area contributed by atoms with E-state index in [-0.39, 0.29) is 6.04 Å². The molecule has 0 spiro atoms. The zero-order chi connectivity index (χ0) is 19.1. The van der Waals surface area contributed by atoms with Gasteiger partial charge in [-0.3, -0.25) is 5.10 Å². The quantitative estimate of drug-likeness (QED) is 0.697. The van der Waals surface area contributed by atoms with Gasteiger partial charge in [0.2, 0.25) is 11.9 Å². The third-order valence-electron chi connectivity index (χ3n) is 5.25. The van der Waals surface area contributed by atoms with Gasteiger partial charge in [0, 0.05) is 35.9 Å². The highest BCUT2D eigenvalue weighted by Crippen LogP contribution is 2.40. The van der Waals surface area contributed by atoms with Crippen LogP contribution >= 0.6 is 0 Å². The van der Waals surface area contributed by atoms with E-state index in [4.69, 9.17) is 0 Å². The van der Waals surface area contributed by atoms with Crippen LogP contribution in [0.25, 0.3) is 0 Å². The van der Waals surface area contributed by atoms with Crippen LogP contribution in [-0.4, -0.2) is 31.7 Å². The molecule has 5 rings (SSSR count). The van der Waals surface area contributed by atoms with Gasteiger partial charge in [-0.15, -0.1) is 0 Å². The van der Waals surface area contributed by atoms with Gasteiger partial charge < -0.3 is 10.2 Å². The van der Waals surface area contributed by atoms with Gasteiger partial charge in [-0.25, -0.2) is 18.7 Å². The van der Waals surface area contributed by atoms with Crippen LogP contribution in [0.1, 0.15) is 48.9 Å². The van der Waals surface area contributed by atoms with Crippen LogP contribution in [0, 0.1) is 11.6 Å². The molecule has 1 aromatic carbocycles. The molecule has 0 bridgehead atoms. The van der Waals surface area contributed by atoms with Gasteiger partial charge >= 0.3 is 0 Å². The summed E-state index contributed by atoms with van der Waals surface area (Å²) in [4.78, 5) is 14.9. The predicted octanol–water partition coefficient (Wildman–Crippen LogP) is 3.84. The van der Waals surface area contributed by atoms with E-state index in [0.29, 0.717) is 35.7 Å². The lowest BCUT2D eigenvalue weighted by atomic mass is 10.0. The molecule has 28 heavy (non-hydrogen) atoms.